The van der Waals surface area contributed by atoms with Gasteiger partial charge in [0.2, 0.25) is 6.43 Å². The van der Waals surface area contributed by atoms with Crippen LogP contribution in [0, 0.1) is 0 Å². The van der Waals surface area contributed by atoms with Crippen LogP contribution >= 0.6 is 12.4 Å². The van der Waals surface area contributed by atoms with Gasteiger partial charge in [-0.2, -0.15) is 0 Å². The number of phenols is 1. The smallest absolute Gasteiger partial charge is 0.240 e. The molecule has 3 N–H and O–H groups in total. The van der Waals surface area contributed by atoms with Crippen LogP contribution in [0.2, 0.25) is 0 Å². The van der Waals surface area contributed by atoms with Crippen LogP contribution in [-0.2, 0) is 0 Å². The van der Waals surface area contributed by atoms with E-state index < -0.39 is 18.9 Å². The predicted octanol–water partition coefficient (Wildman–Crippen LogP) is 3.32. The molecule has 1 atom stereocenters. The van der Waals surface area contributed by atoms with Crippen LogP contribution in [0.15, 0.2) is 18.2 Å². The van der Waals surface area contributed by atoms with Crippen molar-refractivity contribution in [3.8, 4) is 5.75 Å². The van der Waals surface area contributed by atoms with Gasteiger partial charge in [-0.3, -0.25) is 0 Å². The second-order valence-corrected chi connectivity index (χ2v) is 4.15. The van der Waals surface area contributed by atoms with E-state index in [1.165, 1.54) is 0 Å². The number of alkyl halides is 2. The molecule has 0 saturated heterocycles. The second-order valence-electron chi connectivity index (χ2n) is 4.15. The van der Waals surface area contributed by atoms with Gasteiger partial charge in [-0.1, -0.05) is 6.07 Å². The Hall–Kier alpha value is -1.07. The molecule has 0 radical (unpaired) electrons. The van der Waals surface area contributed by atoms with Crippen molar-refractivity contribution < 1.29 is 13.9 Å². The molecule has 0 amide bonds. The largest absolute Gasteiger partial charge is 0.508 e. The predicted molar refractivity (Wildman–Crippen MR) is 76.5 cm³/mol. The van der Waals surface area contributed by atoms with Gasteiger partial charge < -0.3 is 15.7 Å². The lowest BCUT2D eigenvalue weighted by Gasteiger charge is -2.22. The average molecular weight is 295 g/mol. The van der Waals surface area contributed by atoms with Gasteiger partial charge in [0.15, 0.2) is 0 Å². The molecule has 0 aromatic heterocycles. The van der Waals surface area contributed by atoms with E-state index in [0.29, 0.717) is 5.56 Å². The Labute approximate surface area is 118 Å². The van der Waals surface area contributed by atoms with Crippen LogP contribution in [0.1, 0.15) is 31.9 Å². The van der Waals surface area contributed by atoms with Gasteiger partial charge >= 0.3 is 0 Å². The maximum absolute atomic E-state index is 12.2. The summed E-state index contributed by atoms with van der Waals surface area (Å²) in [6.07, 6.45) is -2.92. The molecule has 0 unspecified atom stereocenters. The van der Waals surface area contributed by atoms with Crippen LogP contribution in [0.5, 0.6) is 5.75 Å². The van der Waals surface area contributed by atoms with Gasteiger partial charge in [0.05, 0.1) is 0 Å². The first-order valence-electron chi connectivity index (χ1n) is 6.11. The normalized spacial score (nSPS) is 12.1. The first-order valence-corrected chi connectivity index (χ1v) is 6.11. The third-order valence-electron chi connectivity index (χ3n) is 2.97. The van der Waals surface area contributed by atoms with Crippen LogP contribution in [0.4, 0.5) is 14.5 Å². The number of benzene rings is 1. The average Bonchev–Trinajstić information content (AvgIpc) is 2.29. The Morgan fingerprint density at radius 2 is 1.84 bits per heavy atom. The van der Waals surface area contributed by atoms with E-state index in [-0.39, 0.29) is 18.2 Å². The summed E-state index contributed by atoms with van der Waals surface area (Å²) in [4.78, 5) is 2.06. The van der Waals surface area contributed by atoms with Crippen molar-refractivity contribution in [2.75, 3.05) is 18.0 Å². The van der Waals surface area contributed by atoms with Crippen LogP contribution in [0.3, 0.4) is 0 Å². The minimum atomic E-state index is -2.47. The molecular formula is C13H21ClF2N2O. The zero-order valence-electron chi connectivity index (χ0n) is 11.1. The molecule has 1 aromatic carbocycles. The fourth-order valence-electron chi connectivity index (χ4n) is 1.95. The lowest BCUT2D eigenvalue weighted by Crippen LogP contribution is -2.22. The van der Waals surface area contributed by atoms with Crippen molar-refractivity contribution in [2.24, 2.45) is 5.73 Å². The summed E-state index contributed by atoms with van der Waals surface area (Å²) in [7, 11) is 0. The fraction of sp³-hybridized carbons (Fsp3) is 0.538. The quantitative estimate of drug-likeness (QED) is 0.846. The monoisotopic (exact) mass is 294 g/mol. The summed E-state index contributed by atoms with van der Waals surface area (Å²) in [6, 6.07) is 4.16. The van der Waals surface area contributed by atoms with Gasteiger partial charge in [0.25, 0.3) is 0 Å². The van der Waals surface area contributed by atoms with Crippen LogP contribution in [-0.4, -0.2) is 24.6 Å². The van der Waals surface area contributed by atoms with Crippen molar-refractivity contribution in [1.29, 1.82) is 0 Å². The Balaban J connectivity index is 0.00000324. The molecular weight excluding hydrogens is 274 g/mol. The summed E-state index contributed by atoms with van der Waals surface area (Å²) in [5.41, 5.74) is 6.87. The highest BCUT2D eigenvalue weighted by Gasteiger charge is 2.17. The molecule has 0 aliphatic heterocycles. The Kier molecular flexibility index (Phi) is 7.71. The molecule has 3 nitrogen and oxygen atoms in total. The van der Waals surface area contributed by atoms with Crippen LogP contribution in [0.25, 0.3) is 0 Å². The summed E-state index contributed by atoms with van der Waals surface area (Å²) in [6.45, 7) is 5.66. The Morgan fingerprint density at radius 3 is 2.26 bits per heavy atom. The molecule has 0 bridgehead atoms. The number of nitrogens with two attached hydrogens (primary N) is 1. The number of hydrogen-bond donors (Lipinski definition) is 2. The van der Waals surface area contributed by atoms with E-state index in [2.05, 4.69) is 4.90 Å². The van der Waals surface area contributed by atoms with Crippen molar-refractivity contribution in [2.45, 2.75) is 32.7 Å². The standard InChI is InChI=1S/C13H20F2N2O.ClH/c1-3-17(4-2)9-5-6-10(12(18)7-9)11(16)8-13(14)15;/h5-7,11,13,18H,3-4,8,16H2,1-2H3;1H/t11-;/m0./s1. The molecule has 1 aromatic rings. The number of rotatable bonds is 6. The third kappa shape index (κ3) is 4.84. The summed E-state index contributed by atoms with van der Waals surface area (Å²) < 4.78 is 24.5. The number of phenolic OH excluding ortho intramolecular Hbond substituents is 1. The van der Waals surface area contributed by atoms with E-state index >= 15 is 0 Å². The molecule has 0 spiro atoms. The summed E-state index contributed by atoms with van der Waals surface area (Å²) >= 11 is 0. The van der Waals surface area contributed by atoms with Gasteiger partial charge in [0.1, 0.15) is 5.75 Å². The topological polar surface area (TPSA) is 49.5 Å². The zero-order valence-corrected chi connectivity index (χ0v) is 12.0. The summed E-state index contributed by atoms with van der Waals surface area (Å²) in [5.74, 6) is -0.0208. The zero-order chi connectivity index (χ0) is 13.7. The second kappa shape index (κ2) is 8.17. The van der Waals surface area contributed by atoms with E-state index in [9.17, 15) is 13.9 Å². The highest BCUT2D eigenvalue weighted by Crippen LogP contribution is 2.30. The third-order valence-corrected chi connectivity index (χ3v) is 2.97. The van der Waals surface area contributed by atoms with Gasteiger partial charge in [-0.15, -0.1) is 12.4 Å². The fourth-order valence-corrected chi connectivity index (χ4v) is 1.95. The van der Waals surface area contributed by atoms with E-state index in [0.717, 1.165) is 18.8 Å². The number of hydrogen-bond acceptors (Lipinski definition) is 3. The molecule has 0 aliphatic rings. The number of halogens is 3. The number of nitrogens with zero attached hydrogens (tertiary/aromatic N) is 1. The lowest BCUT2D eigenvalue weighted by molar-refractivity contribution is 0.128. The highest BCUT2D eigenvalue weighted by atomic mass is 35.5. The van der Waals surface area contributed by atoms with Gasteiger partial charge in [-0.05, 0) is 19.9 Å². The molecule has 0 aliphatic carbocycles. The molecule has 6 heteroatoms. The first-order chi connectivity index (χ1) is 8.49. The number of aromatic hydroxyl groups is 1. The SMILES string of the molecule is CCN(CC)c1ccc([C@@H](N)CC(F)F)c(O)c1.Cl. The van der Waals surface area contributed by atoms with E-state index in [4.69, 9.17) is 5.73 Å². The summed E-state index contributed by atoms with van der Waals surface area (Å²) in [5, 5.41) is 9.86. The van der Waals surface area contributed by atoms with Gasteiger partial charge in [0, 0.05) is 42.9 Å². The lowest BCUT2D eigenvalue weighted by atomic mass is 10.0. The maximum atomic E-state index is 12.2. The minimum Gasteiger partial charge on any atom is -0.508 e. The molecule has 0 saturated carbocycles. The van der Waals surface area contributed by atoms with Crippen molar-refractivity contribution in [1.82, 2.24) is 0 Å². The van der Waals surface area contributed by atoms with Crippen molar-refractivity contribution in [3.63, 3.8) is 0 Å². The maximum Gasteiger partial charge on any atom is 0.240 e. The molecule has 0 heterocycles. The first kappa shape index (κ1) is 17.9. The van der Waals surface area contributed by atoms with Crippen molar-refractivity contribution >= 4 is 18.1 Å². The van der Waals surface area contributed by atoms with E-state index in [1.54, 1.807) is 18.2 Å². The Morgan fingerprint density at radius 1 is 1.26 bits per heavy atom. The minimum absolute atomic E-state index is 0. The molecule has 0 fully saturated rings. The molecule has 110 valence electrons. The highest BCUT2D eigenvalue weighted by molar-refractivity contribution is 5.85. The van der Waals surface area contributed by atoms with E-state index in [1.807, 2.05) is 13.8 Å². The molecule has 1 rings (SSSR count). The Bertz CT molecular complexity index is 387. The van der Waals surface area contributed by atoms with Crippen molar-refractivity contribution in [3.05, 3.63) is 23.8 Å². The molecule has 19 heavy (non-hydrogen) atoms. The number of anilines is 1. The van der Waals surface area contributed by atoms with Crippen LogP contribution < -0.4 is 10.6 Å². The van der Waals surface area contributed by atoms with Gasteiger partial charge in [-0.25, -0.2) is 8.78 Å².